The van der Waals surface area contributed by atoms with E-state index in [0.717, 1.165) is 36.0 Å². The van der Waals surface area contributed by atoms with Crippen molar-refractivity contribution in [3.8, 4) is 0 Å². The van der Waals surface area contributed by atoms with Crippen LogP contribution < -0.4 is 5.32 Å². The number of pyridine rings is 1. The molecule has 0 saturated heterocycles. The van der Waals surface area contributed by atoms with Gasteiger partial charge in [-0.15, -0.1) is 0 Å². The minimum absolute atomic E-state index is 0.0417. The van der Waals surface area contributed by atoms with Crippen LogP contribution in [0.4, 0.5) is 5.69 Å². The number of rotatable bonds is 15. The van der Waals surface area contributed by atoms with Gasteiger partial charge in [0.05, 0.1) is 40.8 Å². The molecule has 2 N–H and O–H groups in total. The van der Waals surface area contributed by atoms with Crippen LogP contribution >= 0.6 is 0 Å². The Morgan fingerprint density at radius 2 is 1.77 bits per heavy atom. The molecule has 2 atom stereocenters. The van der Waals surface area contributed by atoms with Gasteiger partial charge >= 0.3 is 11.9 Å². The lowest BCUT2D eigenvalue weighted by molar-refractivity contribution is -0.384. The Balaban J connectivity index is 1.41. The van der Waals surface area contributed by atoms with Gasteiger partial charge < -0.3 is 19.9 Å². The first kappa shape index (κ1) is 35.8. The number of non-ortho nitro benzene ring substituents is 1. The maximum atomic E-state index is 13.6. The normalized spacial score (nSPS) is 16.3. The summed E-state index contributed by atoms with van der Waals surface area (Å²) in [7, 11) is 0. The van der Waals surface area contributed by atoms with Crippen LogP contribution in [0.2, 0.25) is 0 Å². The van der Waals surface area contributed by atoms with Crippen LogP contribution in [0.1, 0.15) is 82.1 Å². The van der Waals surface area contributed by atoms with E-state index >= 15 is 0 Å². The molecule has 0 bridgehead atoms. The number of carbonyl (C=O) groups is 2. The van der Waals surface area contributed by atoms with Crippen LogP contribution in [0.3, 0.4) is 0 Å². The minimum atomic E-state index is -1.23. The van der Waals surface area contributed by atoms with E-state index in [-0.39, 0.29) is 23.4 Å². The van der Waals surface area contributed by atoms with Gasteiger partial charge in [-0.05, 0) is 74.4 Å². The van der Waals surface area contributed by atoms with Crippen molar-refractivity contribution in [1.82, 2.24) is 10.3 Å². The molecule has 0 radical (unpaired) electrons. The number of allylic oxidation sites excluding steroid dienone is 2. The largest absolute Gasteiger partial charge is 0.478 e. The predicted molar refractivity (Wildman–Crippen MR) is 184 cm³/mol. The van der Waals surface area contributed by atoms with Crippen molar-refractivity contribution in [3.63, 3.8) is 0 Å². The number of carboxylic acid groups (broad SMARTS) is 1. The fourth-order valence-corrected chi connectivity index (χ4v) is 6.02. The zero-order valence-electron chi connectivity index (χ0n) is 28.1. The predicted octanol–water partition coefficient (Wildman–Crippen LogP) is 7.51. The number of carbonyl (C=O) groups excluding carboxylic acids is 1. The molecular formula is C38H43N3O7. The molecule has 48 heavy (non-hydrogen) atoms. The quantitative estimate of drug-likeness (QED) is 0.0968. The van der Waals surface area contributed by atoms with Gasteiger partial charge in [-0.2, -0.15) is 0 Å². The molecule has 3 aromatic rings. The molecule has 0 saturated carbocycles. The molecule has 0 spiro atoms. The average molecular weight is 654 g/mol. The van der Waals surface area contributed by atoms with Crippen molar-refractivity contribution < 1.29 is 29.1 Å². The van der Waals surface area contributed by atoms with Gasteiger partial charge in [-0.3, -0.25) is 15.1 Å². The van der Waals surface area contributed by atoms with Crippen LogP contribution in [0.25, 0.3) is 6.08 Å². The summed E-state index contributed by atoms with van der Waals surface area (Å²) in [6.45, 7) is 9.79. The number of ether oxygens (including phenoxy) is 2. The molecule has 0 fully saturated rings. The number of benzene rings is 2. The maximum Gasteiger partial charge on any atom is 0.336 e. The molecule has 10 nitrogen and oxygen atoms in total. The minimum Gasteiger partial charge on any atom is -0.478 e. The van der Waals surface area contributed by atoms with Crippen molar-refractivity contribution in [2.75, 3.05) is 13.2 Å². The SMILES string of the molecule is CCCC(C)(CCOC(=O)C1=C(C)NC(C)=C(C(=O)O)C1c1cccc([N+](=O)[O-])c1)OCC(C)=Cc1ccc(Cc2cccnc2)cc1. The number of hydrogen-bond donors (Lipinski definition) is 2. The fraction of sp³-hybridized carbons (Fsp3) is 0.342. The fourth-order valence-electron chi connectivity index (χ4n) is 6.02. The first-order chi connectivity index (χ1) is 22.9. The topological polar surface area (TPSA) is 141 Å². The first-order valence-corrected chi connectivity index (χ1v) is 16.0. The van der Waals surface area contributed by atoms with Crippen LogP contribution in [0.5, 0.6) is 0 Å². The van der Waals surface area contributed by atoms with E-state index in [1.54, 1.807) is 26.1 Å². The van der Waals surface area contributed by atoms with Crippen molar-refractivity contribution in [2.45, 2.75) is 71.8 Å². The van der Waals surface area contributed by atoms with E-state index in [1.165, 1.54) is 23.8 Å². The Morgan fingerprint density at radius 1 is 1.04 bits per heavy atom. The standard InChI is InChI=1S/C38H43N3O7/c1-6-16-38(5,48-24-25(2)20-28-12-14-29(15-13-28)21-30-9-8-18-39-23-30)17-19-47-37(44)34-27(4)40-26(3)33(36(42)43)35(34)31-10-7-11-32(22-31)41(45)46/h7-15,18,20,22-23,35,40H,6,16-17,19,21,24H2,1-5H3,(H,42,43). The Bertz CT molecular complexity index is 1730. The Hall–Kier alpha value is -5.09. The van der Waals surface area contributed by atoms with E-state index in [0.29, 0.717) is 30.0 Å². The zero-order valence-corrected chi connectivity index (χ0v) is 28.1. The summed E-state index contributed by atoms with van der Waals surface area (Å²) in [6, 6.07) is 18.1. The van der Waals surface area contributed by atoms with Gasteiger partial charge in [0.1, 0.15) is 0 Å². The second-order valence-electron chi connectivity index (χ2n) is 12.4. The third kappa shape index (κ3) is 9.25. The number of nitro benzene ring substituents is 1. The molecule has 0 amide bonds. The highest BCUT2D eigenvalue weighted by Crippen LogP contribution is 2.40. The number of nitrogens with one attached hydrogen (secondary N) is 1. The van der Waals surface area contributed by atoms with Gasteiger partial charge in [0.2, 0.25) is 0 Å². The molecule has 252 valence electrons. The summed E-state index contributed by atoms with van der Waals surface area (Å²) in [6.07, 6.45) is 8.58. The molecule has 2 unspecified atom stereocenters. The lowest BCUT2D eigenvalue weighted by Gasteiger charge is -2.31. The van der Waals surface area contributed by atoms with Gasteiger partial charge in [0.25, 0.3) is 5.69 Å². The number of dihydropyridines is 1. The van der Waals surface area contributed by atoms with Crippen molar-refractivity contribution >= 4 is 23.7 Å². The second kappa shape index (κ2) is 16.1. The summed E-state index contributed by atoms with van der Waals surface area (Å²) in [5.74, 6) is -2.97. The van der Waals surface area contributed by atoms with Crippen LogP contribution in [0, 0.1) is 10.1 Å². The van der Waals surface area contributed by atoms with Crippen molar-refractivity contribution in [3.05, 3.63) is 134 Å². The summed E-state index contributed by atoms with van der Waals surface area (Å²) in [5.41, 5.74) is 4.83. The Kier molecular flexibility index (Phi) is 12.0. The third-order valence-corrected chi connectivity index (χ3v) is 8.44. The van der Waals surface area contributed by atoms with Gasteiger partial charge in [0, 0.05) is 42.3 Å². The van der Waals surface area contributed by atoms with Gasteiger partial charge in [-0.1, -0.05) is 61.9 Å². The average Bonchev–Trinajstić information content (AvgIpc) is 3.05. The summed E-state index contributed by atoms with van der Waals surface area (Å²) in [5, 5.41) is 24.5. The highest BCUT2D eigenvalue weighted by atomic mass is 16.6. The van der Waals surface area contributed by atoms with Crippen LogP contribution in [-0.4, -0.2) is 45.8 Å². The highest BCUT2D eigenvalue weighted by molar-refractivity contribution is 5.99. The lowest BCUT2D eigenvalue weighted by atomic mass is 9.80. The number of aromatic nitrogens is 1. The smallest absolute Gasteiger partial charge is 0.336 e. The number of nitro groups is 1. The highest BCUT2D eigenvalue weighted by Gasteiger charge is 2.38. The van der Waals surface area contributed by atoms with E-state index < -0.39 is 28.4 Å². The molecular weight excluding hydrogens is 610 g/mol. The number of nitrogens with zero attached hydrogens (tertiary/aromatic N) is 2. The van der Waals surface area contributed by atoms with Crippen molar-refractivity contribution in [2.24, 2.45) is 0 Å². The molecule has 2 heterocycles. The van der Waals surface area contributed by atoms with Crippen LogP contribution in [0.15, 0.2) is 101 Å². The summed E-state index contributed by atoms with van der Waals surface area (Å²) >= 11 is 0. The molecule has 1 aliphatic rings. The summed E-state index contributed by atoms with van der Waals surface area (Å²) < 4.78 is 12.2. The number of esters is 1. The van der Waals surface area contributed by atoms with Gasteiger partial charge in [0.15, 0.2) is 0 Å². The van der Waals surface area contributed by atoms with Crippen LogP contribution in [-0.2, 0) is 25.5 Å². The van der Waals surface area contributed by atoms with E-state index in [4.69, 9.17) is 9.47 Å². The third-order valence-electron chi connectivity index (χ3n) is 8.44. The molecule has 2 aromatic carbocycles. The number of aliphatic carboxylic acids is 1. The Morgan fingerprint density at radius 3 is 2.42 bits per heavy atom. The first-order valence-electron chi connectivity index (χ1n) is 16.0. The monoisotopic (exact) mass is 653 g/mol. The maximum absolute atomic E-state index is 13.6. The molecule has 10 heteroatoms. The van der Waals surface area contributed by atoms with Crippen molar-refractivity contribution in [1.29, 1.82) is 0 Å². The summed E-state index contributed by atoms with van der Waals surface area (Å²) in [4.78, 5) is 41.1. The van der Waals surface area contributed by atoms with E-state index in [9.17, 15) is 24.8 Å². The van der Waals surface area contributed by atoms with E-state index in [1.807, 2.05) is 26.1 Å². The van der Waals surface area contributed by atoms with E-state index in [2.05, 4.69) is 53.6 Å². The molecule has 1 aliphatic heterocycles. The molecule has 0 aliphatic carbocycles. The number of carboxylic acids is 1. The zero-order chi connectivity index (χ0) is 34.8. The molecule has 4 rings (SSSR count). The van der Waals surface area contributed by atoms with Gasteiger partial charge in [-0.25, -0.2) is 9.59 Å². The lowest BCUT2D eigenvalue weighted by Crippen LogP contribution is -2.34. The second-order valence-corrected chi connectivity index (χ2v) is 12.4. The molecule has 1 aromatic heterocycles. The Labute approximate surface area is 281 Å². The number of hydrogen-bond acceptors (Lipinski definition) is 8.